The average Bonchev–Trinajstić information content (AvgIpc) is 2.26. The third kappa shape index (κ3) is 3.84. The number of nitrogens with zero attached hydrogens (tertiary/aromatic N) is 1. The fourth-order valence-corrected chi connectivity index (χ4v) is 2.45. The number of aliphatic hydroxyl groups is 3. The number of rotatable bonds is 3. The molecule has 12 heteroatoms. The first-order valence-electron chi connectivity index (χ1n) is 5.17. The van der Waals surface area contributed by atoms with Crippen molar-refractivity contribution in [3.8, 4) is 0 Å². The molecule has 0 heterocycles. The van der Waals surface area contributed by atoms with Gasteiger partial charge in [0.25, 0.3) is 0 Å². The summed E-state index contributed by atoms with van der Waals surface area (Å²) in [6.45, 7) is 0. The first-order chi connectivity index (χ1) is 8.54. The second-order valence-electron chi connectivity index (χ2n) is 4.15. The van der Waals surface area contributed by atoms with Crippen LogP contribution in [0.2, 0.25) is 0 Å². The maximum Gasteiger partial charge on any atom is 0.470 e. The molecule has 0 aromatic carbocycles. The fourth-order valence-electron chi connectivity index (χ4n) is 1.86. The third-order valence-electron chi connectivity index (χ3n) is 2.72. The number of hydrogen-bond donors (Lipinski definition) is 8. The SMILES string of the molecule is NC(N)=NC1C(O)C(N)C(OP(=O)(O)O)C(O)C1O. The molecule has 0 aliphatic heterocycles. The Morgan fingerprint density at radius 3 is 2.05 bits per heavy atom. The van der Waals surface area contributed by atoms with Gasteiger partial charge in [0.15, 0.2) is 5.96 Å². The van der Waals surface area contributed by atoms with Gasteiger partial charge in [-0.2, -0.15) is 0 Å². The summed E-state index contributed by atoms with van der Waals surface area (Å²) < 4.78 is 15.0. The van der Waals surface area contributed by atoms with E-state index in [1.165, 1.54) is 0 Å². The number of aliphatic imine (C=N–C) groups is 1. The van der Waals surface area contributed by atoms with Crippen LogP contribution in [0.4, 0.5) is 0 Å². The normalized spacial score (nSPS) is 39.9. The van der Waals surface area contributed by atoms with Crippen molar-refractivity contribution in [2.75, 3.05) is 0 Å². The van der Waals surface area contributed by atoms with Crippen LogP contribution in [0.1, 0.15) is 0 Å². The topological polar surface area (TPSA) is 218 Å². The molecule has 0 amide bonds. The zero-order valence-corrected chi connectivity index (χ0v) is 10.5. The van der Waals surface area contributed by atoms with Gasteiger partial charge in [-0.15, -0.1) is 0 Å². The molecule has 0 spiro atoms. The van der Waals surface area contributed by atoms with E-state index in [2.05, 4.69) is 9.52 Å². The van der Waals surface area contributed by atoms with Gasteiger partial charge in [-0.3, -0.25) is 4.52 Å². The second-order valence-corrected chi connectivity index (χ2v) is 5.35. The minimum absolute atomic E-state index is 0.447. The molecule has 1 fully saturated rings. The Kier molecular flexibility index (Phi) is 4.87. The molecule has 6 atom stereocenters. The molecule has 19 heavy (non-hydrogen) atoms. The molecule has 1 rings (SSSR count). The highest BCUT2D eigenvalue weighted by Crippen LogP contribution is 2.41. The number of phosphoric acid groups is 1. The molecule has 0 bridgehead atoms. The molecule has 1 aliphatic carbocycles. The van der Waals surface area contributed by atoms with Crippen LogP contribution in [0.25, 0.3) is 0 Å². The smallest absolute Gasteiger partial charge is 0.389 e. The predicted molar refractivity (Wildman–Crippen MR) is 62.5 cm³/mol. The molecular weight excluding hydrogens is 283 g/mol. The largest absolute Gasteiger partial charge is 0.470 e. The molecule has 0 saturated heterocycles. The van der Waals surface area contributed by atoms with Gasteiger partial charge in [0.05, 0.1) is 12.1 Å². The van der Waals surface area contributed by atoms with Crippen LogP contribution in [0, 0.1) is 0 Å². The number of phosphoric ester groups is 1. The van der Waals surface area contributed by atoms with Crippen molar-refractivity contribution in [2.45, 2.75) is 36.5 Å². The van der Waals surface area contributed by atoms with Crippen molar-refractivity contribution in [1.82, 2.24) is 0 Å². The van der Waals surface area contributed by atoms with Gasteiger partial charge >= 0.3 is 7.82 Å². The molecule has 0 aromatic rings. The Morgan fingerprint density at radius 1 is 1.11 bits per heavy atom. The van der Waals surface area contributed by atoms with E-state index in [4.69, 9.17) is 27.0 Å². The van der Waals surface area contributed by atoms with Crippen LogP contribution in [-0.4, -0.2) is 67.6 Å². The highest BCUT2D eigenvalue weighted by Gasteiger charge is 2.50. The third-order valence-corrected chi connectivity index (χ3v) is 3.24. The van der Waals surface area contributed by atoms with Crippen molar-refractivity contribution in [3.63, 3.8) is 0 Å². The van der Waals surface area contributed by atoms with E-state index in [1.807, 2.05) is 0 Å². The molecule has 1 aliphatic rings. The summed E-state index contributed by atoms with van der Waals surface area (Å²) in [5.41, 5.74) is 15.7. The summed E-state index contributed by atoms with van der Waals surface area (Å²) in [4.78, 5) is 20.9. The van der Waals surface area contributed by atoms with Crippen LogP contribution >= 0.6 is 7.82 Å². The van der Waals surface area contributed by atoms with Crippen molar-refractivity contribution in [1.29, 1.82) is 0 Å². The van der Waals surface area contributed by atoms with E-state index in [0.717, 1.165) is 0 Å². The Labute approximate surface area is 107 Å². The van der Waals surface area contributed by atoms with Gasteiger partial charge in [0.1, 0.15) is 24.4 Å². The number of aliphatic hydroxyl groups excluding tert-OH is 3. The van der Waals surface area contributed by atoms with E-state index in [0.29, 0.717) is 0 Å². The average molecular weight is 300 g/mol. The summed E-state index contributed by atoms with van der Waals surface area (Å²) in [6, 6.07) is -2.73. The standard InChI is InChI=1S/C7H17N4O7P/c8-1-3(12)2(11-7(9)10)4(13)5(14)6(1)18-19(15,16)17/h1-6,12-14H,8H2,(H4,9,10,11)(H2,15,16,17). The molecule has 0 aromatic heterocycles. The van der Waals surface area contributed by atoms with Crippen LogP contribution in [0.3, 0.4) is 0 Å². The maximum absolute atomic E-state index is 10.7. The van der Waals surface area contributed by atoms with Crippen molar-refractivity contribution < 1.29 is 34.2 Å². The molecular formula is C7H17N4O7P. The van der Waals surface area contributed by atoms with Gasteiger partial charge in [-0.1, -0.05) is 0 Å². The monoisotopic (exact) mass is 300 g/mol. The van der Waals surface area contributed by atoms with Gasteiger partial charge in [0, 0.05) is 0 Å². The Balaban J connectivity index is 2.99. The lowest BCUT2D eigenvalue weighted by molar-refractivity contribution is -0.133. The van der Waals surface area contributed by atoms with Gasteiger partial charge < -0.3 is 42.3 Å². The van der Waals surface area contributed by atoms with Crippen LogP contribution < -0.4 is 17.2 Å². The fraction of sp³-hybridized carbons (Fsp3) is 0.857. The lowest BCUT2D eigenvalue weighted by Gasteiger charge is -2.42. The van der Waals surface area contributed by atoms with Crippen LogP contribution in [-0.2, 0) is 9.09 Å². The van der Waals surface area contributed by atoms with Gasteiger partial charge in [0.2, 0.25) is 0 Å². The van der Waals surface area contributed by atoms with Crippen molar-refractivity contribution in [3.05, 3.63) is 0 Å². The van der Waals surface area contributed by atoms with E-state index in [-0.39, 0.29) is 0 Å². The van der Waals surface area contributed by atoms with Gasteiger partial charge in [-0.05, 0) is 0 Å². The van der Waals surface area contributed by atoms with E-state index < -0.39 is 50.3 Å². The van der Waals surface area contributed by atoms with Gasteiger partial charge in [-0.25, -0.2) is 9.56 Å². The first kappa shape index (κ1) is 16.3. The van der Waals surface area contributed by atoms with Crippen molar-refractivity contribution >= 4 is 13.8 Å². The Bertz CT molecular complexity index is 381. The summed E-state index contributed by atoms with van der Waals surface area (Å²) in [6.07, 6.45) is -6.71. The molecule has 6 unspecified atom stereocenters. The van der Waals surface area contributed by atoms with Crippen LogP contribution in [0.5, 0.6) is 0 Å². The predicted octanol–water partition coefficient (Wildman–Crippen LogP) is -4.47. The lowest BCUT2D eigenvalue weighted by atomic mass is 9.82. The van der Waals surface area contributed by atoms with Crippen molar-refractivity contribution in [2.24, 2.45) is 22.2 Å². The molecule has 112 valence electrons. The summed E-state index contributed by atoms with van der Waals surface area (Å²) in [5.74, 6) is -0.447. The highest BCUT2D eigenvalue weighted by molar-refractivity contribution is 7.46. The Hall–Kier alpha value is -0.780. The summed E-state index contributed by atoms with van der Waals surface area (Å²) in [7, 11) is -4.96. The molecule has 1 saturated carbocycles. The second kappa shape index (κ2) is 5.69. The molecule has 11 nitrogen and oxygen atoms in total. The molecule has 0 radical (unpaired) electrons. The van der Waals surface area contributed by atoms with Crippen LogP contribution in [0.15, 0.2) is 4.99 Å². The Morgan fingerprint density at radius 2 is 1.63 bits per heavy atom. The number of guanidine groups is 1. The summed E-state index contributed by atoms with van der Waals surface area (Å²) in [5, 5.41) is 29.2. The highest BCUT2D eigenvalue weighted by atomic mass is 31.2. The summed E-state index contributed by atoms with van der Waals surface area (Å²) >= 11 is 0. The zero-order chi connectivity index (χ0) is 15.0. The molecule has 11 N–H and O–H groups in total. The zero-order valence-electron chi connectivity index (χ0n) is 9.64. The van der Waals surface area contributed by atoms with E-state index >= 15 is 0 Å². The van der Waals surface area contributed by atoms with E-state index in [9.17, 15) is 19.9 Å². The minimum Gasteiger partial charge on any atom is -0.389 e. The maximum atomic E-state index is 10.7. The lowest BCUT2D eigenvalue weighted by Crippen LogP contribution is -2.66. The number of hydrogen-bond acceptors (Lipinski definition) is 7. The van der Waals surface area contributed by atoms with E-state index in [1.54, 1.807) is 0 Å². The number of nitrogens with two attached hydrogens (primary N) is 3. The minimum atomic E-state index is -4.96. The first-order valence-corrected chi connectivity index (χ1v) is 6.70. The quantitative estimate of drug-likeness (QED) is 0.142.